The number of esters is 1. The molecule has 0 radical (unpaired) electrons. The molecule has 0 saturated heterocycles. The third-order valence-corrected chi connectivity index (χ3v) is 3.15. The Kier molecular flexibility index (Phi) is 3.33. The van der Waals surface area contributed by atoms with E-state index in [1.807, 2.05) is 0 Å². The third-order valence-electron chi connectivity index (χ3n) is 2.74. The van der Waals surface area contributed by atoms with Crippen LogP contribution in [0.5, 0.6) is 0 Å². The van der Waals surface area contributed by atoms with Crippen LogP contribution in [-0.2, 0) is 16.0 Å². The average molecular weight is 254 g/mol. The lowest BCUT2D eigenvalue weighted by Crippen LogP contribution is -2.21. The van der Waals surface area contributed by atoms with Crippen LogP contribution in [0.1, 0.15) is 22.3 Å². The second-order valence-electron chi connectivity index (χ2n) is 3.86. The van der Waals surface area contributed by atoms with Crippen LogP contribution >= 0.6 is 11.6 Å². The molecule has 0 saturated carbocycles. The summed E-state index contributed by atoms with van der Waals surface area (Å²) in [5.41, 5.74) is 2.10. The molecule has 1 unspecified atom stereocenters. The molecule has 1 aromatic carbocycles. The standard InChI is InChI=1S/C12H12ClNO3/c1-17-12(16)8-3-5-10-7(6-8)2-4-9(13)11(15)14-10/h3,5-6,9H,2,4H2,1H3,(H,14,15). The minimum atomic E-state index is -0.524. The van der Waals surface area contributed by atoms with Crippen molar-refractivity contribution in [2.75, 3.05) is 12.4 Å². The number of nitrogens with one attached hydrogen (secondary N) is 1. The van der Waals surface area contributed by atoms with Crippen LogP contribution < -0.4 is 5.32 Å². The van der Waals surface area contributed by atoms with Gasteiger partial charge in [0.1, 0.15) is 5.38 Å². The number of halogens is 1. The molecule has 90 valence electrons. The summed E-state index contributed by atoms with van der Waals surface area (Å²) >= 11 is 5.89. The molecule has 17 heavy (non-hydrogen) atoms. The van der Waals surface area contributed by atoms with Gasteiger partial charge in [-0.1, -0.05) is 0 Å². The van der Waals surface area contributed by atoms with E-state index in [2.05, 4.69) is 10.1 Å². The molecule has 1 amide bonds. The van der Waals surface area contributed by atoms with Crippen LogP contribution in [0.4, 0.5) is 5.69 Å². The summed E-state index contributed by atoms with van der Waals surface area (Å²) < 4.78 is 4.65. The maximum absolute atomic E-state index is 11.5. The van der Waals surface area contributed by atoms with Crippen molar-refractivity contribution in [1.29, 1.82) is 0 Å². The number of amides is 1. The Labute approximate surface area is 104 Å². The zero-order valence-electron chi connectivity index (χ0n) is 9.33. The predicted molar refractivity (Wildman–Crippen MR) is 64.4 cm³/mol. The largest absolute Gasteiger partial charge is 0.465 e. The predicted octanol–water partition coefficient (Wildman–Crippen LogP) is 1.97. The molecule has 1 aliphatic rings. The van der Waals surface area contributed by atoms with Gasteiger partial charge in [-0.2, -0.15) is 0 Å². The number of carbonyl (C=O) groups excluding carboxylic acids is 2. The lowest BCUT2D eigenvalue weighted by atomic mass is 10.0. The number of aryl methyl sites for hydroxylation is 1. The van der Waals surface area contributed by atoms with Gasteiger partial charge in [0.15, 0.2) is 0 Å². The number of alkyl halides is 1. The van der Waals surface area contributed by atoms with E-state index in [4.69, 9.17) is 11.6 Å². The maximum atomic E-state index is 11.5. The van der Waals surface area contributed by atoms with Gasteiger partial charge in [0, 0.05) is 5.69 Å². The van der Waals surface area contributed by atoms with Crippen LogP contribution in [0.15, 0.2) is 18.2 Å². The molecule has 1 heterocycles. The van der Waals surface area contributed by atoms with Crippen molar-refractivity contribution in [3.05, 3.63) is 29.3 Å². The number of anilines is 1. The first-order valence-corrected chi connectivity index (χ1v) is 5.71. The molecule has 4 nitrogen and oxygen atoms in total. The van der Waals surface area contributed by atoms with E-state index in [0.717, 1.165) is 5.56 Å². The Morgan fingerprint density at radius 3 is 3.00 bits per heavy atom. The Morgan fingerprint density at radius 1 is 1.53 bits per heavy atom. The van der Waals surface area contributed by atoms with Gasteiger partial charge in [-0.25, -0.2) is 4.79 Å². The van der Waals surface area contributed by atoms with Gasteiger partial charge >= 0.3 is 5.97 Å². The molecule has 0 fully saturated rings. The van der Waals surface area contributed by atoms with Gasteiger partial charge in [-0.3, -0.25) is 4.79 Å². The fraction of sp³-hybridized carbons (Fsp3) is 0.333. The highest BCUT2D eigenvalue weighted by atomic mass is 35.5. The van der Waals surface area contributed by atoms with Gasteiger partial charge in [0.2, 0.25) is 5.91 Å². The molecule has 1 aromatic rings. The van der Waals surface area contributed by atoms with E-state index >= 15 is 0 Å². The van der Waals surface area contributed by atoms with Crippen molar-refractivity contribution in [3.63, 3.8) is 0 Å². The number of rotatable bonds is 1. The first-order chi connectivity index (χ1) is 8.11. The number of hydrogen-bond acceptors (Lipinski definition) is 3. The van der Waals surface area contributed by atoms with Crippen LogP contribution in [-0.4, -0.2) is 24.4 Å². The van der Waals surface area contributed by atoms with Crippen molar-refractivity contribution in [1.82, 2.24) is 0 Å². The summed E-state index contributed by atoms with van der Waals surface area (Å²) in [6.07, 6.45) is 1.22. The van der Waals surface area contributed by atoms with Crippen LogP contribution in [0.3, 0.4) is 0 Å². The van der Waals surface area contributed by atoms with E-state index in [9.17, 15) is 9.59 Å². The first-order valence-electron chi connectivity index (χ1n) is 5.28. The summed E-state index contributed by atoms with van der Waals surface area (Å²) in [5, 5.41) is 2.21. The highest BCUT2D eigenvalue weighted by Crippen LogP contribution is 2.25. The van der Waals surface area contributed by atoms with Crippen molar-refractivity contribution in [2.45, 2.75) is 18.2 Å². The number of methoxy groups -OCH3 is 1. The van der Waals surface area contributed by atoms with Gasteiger partial charge in [0.05, 0.1) is 12.7 Å². The fourth-order valence-corrected chi connectivity index (χ4v) is 1.96. The Morgan fingerprint density at radius 2 is 2.29 bits per heavy atom. The Balaban J connectivity index is 2.34. The van der Waals surface area contributed by atoms with Gasteiger partial charge in [-0.15, -0.1) is 11.6 Å². The third kappa shape index (κ3) is 2.42. The zero-order chi connectivity index (χ0) is 12.4. The Bertz CT molecular complexity index is 473. The number of carbonyl (C=O) groups is 2. The van der Waals surface area contributed by atoms with E-state index in [1.54, 1.807) is 18.2 Å². The van der Waals surface area contributed by atoms with Crippen molar-refractivity contribution >= 4 is 29.2 Å². The van der Waals surface area contributed by atoms with E-state index < -0.39 is 5.38 Å². The highest BCUT2D eigenvalue weighted by molar-refractivity contribution is 6.32. The monoisotopic (exact) mass is 253 g/mol. The molecule has 2 rings (SSSR count). The average Bonchev–Trinajstić information content (AvgIpc) is 2.48. The van der Waals surface area contributed by atoms with Crippen LogP contribution in [0.25, 0.3) is 0 Å². The molecule has 0 bridgehead atoms. The summed E-state index contributed by atoms with van der Waals surface area (Å²) in [5.74, 6) is -0.581. The first kappa shape index (κ1) is 11.9. The quantitative estimate of drug-likeness (QED) is 0.615. The molecular formula is C12H12ClNO3. The van der Waals surface area contributed by atoms with Crippen LogP contribution in [0, 0.1) is 0 Å². The molecule has 0 spiro atoms. The number of fused-ring (bicyclic) bond motifs is 1. The van der Waals surface area contributed by atoms with E-state index in [-0.39, 0.29) is 11.9 Å². The maximum Gasteiger partial charge on any atom is 0.337 e. The highest BCUT2D eigenvalue weighted by Gasteiger charge is 2.22. The van der Waals surface area contributed by atoms with E-state index in [0.29, 0.717) is 24.1 Å². The summed E-state index contributed by atoms with van der Waals surface area (Å²) in [6, 6.07) is 5.06. The minimum absolute atomic E-state index is 0.198. The van der Waals surface area contributed by atoms with Crippen molar-refractivity contribution in [3.8, 4) is 0 Å². The topological polar surface area (TPSA) is 55.4 Å². The molecule has 0 aromatic heterocycles. The van der Waals surface area contributed by atoms with Gasteiger partial charge in [-0.05, 0) is 36.6 Å². The van der Waals surface area contributed by atoms with E-state index in [1.165, 1.54) is 7.11 Å². The molecule has 1 aliphatic heterocycles. The number of hydrogen-bond donors (Lipinski definition) is 1. The molecule has 0 aliphatic carbocycles. The lowest BCUT2D eigenvalue weighted by Gasteiger charge is -2.08. The second-order valence-corrected chi connectivity index (χ2v) is 4.39. The van der Waals surface area contributed by atoms with Crippen LogP contribution in [0.2, 0.25) is 0 Å². The normalized spacial score (nSPS) is 18.9. The number of ether oxygens (including phenoxy) is 1. The zero-order valence-corrected chi connectivity index (χ0v) is 10.1. The molecule has 1 N–H and O–H groups in total. The minimum Gasteiger partial charge on any atom is -0.465 e. The SMILES string of the molecule is COC(=O)c1ccc2c(c1)CCC(Cl)C(=O)N2. The van der Waals surface area contributed by atoms with Crippen molar-refractivity contribution in [2.24, 2.45) is 0 Å². The van der Waals surface area contributed by atoms with Gasteiger partial charge in [0.25, 0.3) is 0 Å². The molecule has 5 heteroatoms. The van der Waals surface area contributed by atoms with Gasteiger partial charge < -0.3 is 10.1 Å². The molecule has 1 atom stereocenters. The summed E-state index contributed by atoms with van der Waals surface area (Å²) in [7, 11) is 1.34. The number of benzene rings is 1. The Hall–Kier alpha value is -1.55. The fourth-order valence-electron chi connectivity index (χ4n) is 1.79. The molecular weight excluding hydrogens is 242 g/mol. The summed E-state index contributed by atoms with van der Waals surface area (Å²) in [4.78, 5) is 22.9. The van der Waals surface area contributed by atoms with Crippen molar-refractivity contribution < 1.29 is 14.3 Å². The second kappa shape index (κ2) is 4.75. The lowest BCUT2D eigenvalue weighted by molar-refractivity contribution is -0.115. The smallest absolute Gasteiger partial charge is 0.337 e. The summed E-state index contributed by atoms with van der Waals surface area (Å²) in [6.45, 7) is 0.